The number of hydrogen-bond donors (Lipinski definition) is 5. The maximum absolute atomic E-state index is 10.7. The number of rotatable bonds is 7. The molecule has 0 amide bonds. The maximum Gasteiger partial charge on any atom is 0.178 e. The highest BCUT2D eigenvalue weighted by Gasteiger charge is 2.55. The molecule has 10 nitrogen and oxygen atoms in total. The molecule has 4 atom stereocenters. The SMILES string of the molecule is OCC[C@@]1(n2cnc3c(NCc4ccccc4)ncnc32)O[C@H](CO)[C@@H](O)[C@H]1O. The van der Waals surface area contributed by atoms with E-state index in [9.17, 15) is 20.4 Å². The molecule has 1 aliphatic heterocycles. The molecule has 10 heteroatoms. The van der Waals surface area contributed by atoms with Gasteiger partial charge in [-0.15, -0.1) is 0 Å². The molecular formula is C19H23N5O5. The van der Waals surface area contributed by atoms with Crippen LogP contribution in [0.15, 0.2) is 43.0 Å². The largest absolute Gasteiger partial charge is 0.396 e. The van der Waals surface area contributed by atoms with Gasteiger partial charge in [0.05, 0.1) is 12.9 Å². The molecule has 0 saturated carbocycles. The quantitative estimate of drug-likeness (QED) is 0.356. The Morgan fingerprint density at radius 2 is 1.90 bits per heavy atom. The Morgan fingerprint density at radius 3 is 2.59 bits per heavy atom. The lowest BCUT2D eigenvalue weighted by Gasteiger charge is -2.33. The Bertz CT molecular complexity index is 968. The summed E-state index contributed by atoms with van der Waals surface area (Å²) in [7, 11) is 0. The van der Waals surface area contributed by atoms with Crippen LogP contribution in [-0.4, -0.2) is 71.5 Å². The van der Waals surface area contributed by atoms with Gasteiger partial charge in [0.25, 0.3) is 0 Å². The number of aromatic nitrogens is 4. The summed E-state index contributed by atoms with van der Waals surface area (Å²) >= 11 is 0. The van der Waals surface area contributed by atoms with E-state index in [2.05, 4.69) is 20.3 Å². The fourth-order valence-electron chi connectivity index (χ4n) is 3.73. The highest BCUT2D eigenvalue weighted by atomic mass is 16.6. The molecule has 0 bridgehead atoms. The standard InChI is InChI=1S/C19H23N5O5/c25-7-6-19(16(28)15(27)13(9-26)29-19)24-11-23-14-17(21-10-22-18(14)24)20-8-12-4-2-1-3-5-12/h1-5,10-11,13,15-16,25-28H,6-9H2,(H,20,21,22)/t13-,15-,16-,19-/m1/s1. The summed E-state index contributed by atoms with van der Waals surface area (Å²) in [6.07, 6.45) is -0.933. The van der Waals surface area contributed by atoms with E-state index in [1.54, 1.807) is 0 Å². The minimum Gasteiger partial charge on any atom is -0.396 e. The molecule has 5 N–H and O–H groups in total. The zero-order valence-electron chi connectivity index (χ0n) is 15.6. The lowest BCUT2D eigenvalue weighted by atomic mass is 9.99. The third kappa shape index (κ3) is 3.34. The summed E-state index contributed by atoms with van der Waals surface area (Å²) < 4.78 is 7.30. The van der Waals surface area contributed by atoms with Crippen molar-refractivity contribution >= 4 is 17.0 Å². The summed E-state index contributed by atoms with van der Waals surface area (Å²) in [6, 6.07) is 9.80. The third-order valence-electron chi connectivity index (χ3n) is 5.22. The fraction of sp³-hybridized carbons (Fsp3) is 0.421. The predicted octanol–water partition coefficient (Wildman–Crippen LogP) is -0.414. The normalized spacial score (nSPS) is 26.8. The molecule has 29 heavy (non-hydrogen) atoms. The number of hydrogen-bond acceptors (Lipinski definition) is 9. The first kappa shape index (κ1) is 19.7. The molecule has 1 aliphatic rings. The van der Waals surface area contributed by atoms with Gasteiger partial charge >= 0.3 is 0 Å². The van der Waals surface area contributed by atoms with Gasteiger partial charge in [-0.3, -0.25) is 4.57 Å². The van der Waals surface area contributed by atoms with Crippen LogP contribution in [-0.2, 0) is 17.0 Å². The second kappa shape index (κ2) is 8.01. The molecule has 4 rings (SSSR count). The third-order valence-corrected chi connectivity index (χ3v) is 5.22. The number of aliphatic hydroxyl groups excluding tert-OH is 4. The van der Waals surface area contributed by atoms with E-state index in [0.717, 1.165) is 5.56 Å². The van der Waals surface area contributed by atoms with E-state index in [1.165, 1.54) is 17.2 Å². The maximum atomic E-state index is 10.7. The molecule has 0 spiro atoms. The van der Waals surface area contributed by atoms with Crippen molar-refractivity contribution in [3.63, 3.8) is 0 Å². The van der Waals surface area contributed by atoms with Crippen LogP contribution in [0.25, 0.3) is 11.2 Å². The van der Waals surface area contributed by atoms with Crippen molar-refractivity contribution in [2.75, 3.05) is 18.5 Å². The van der Waals surface area contributed by atoms with Gasteiger partial charge in [-0.2, -0.15) is 0 Å². The Kier molecular flexibility index (Phi) is 5.43. The zero-order valence-corrected chi connectivity index (χ0v) is 15.6. The number of nitrogens with one attached hydrogen (secondary N) is 1. The Balaban J connectivity index is 1.71. The van der Waals surface area contributed by atoms with Crippen molar-refractivity contribution < 1.29 is 25.2 Å². The number of fused-ring (bicyclic) bond motifs is 1. The predicted molar refractivity (Wildman–Crippen MR) is 103 cm³/mol. The van der Waals surface area contributed by atoms with Gasteiger partial charge in [0.1, 0.15) is 24.6 Å². The molecular weight excluding hydrogens is 378 g/mol. The number of aliphatic hydroxyl groups is 4. The Labute approximate surface area is 166 Å². The van der Waals surface area contributed by atoms with Gasteiger partial charge in [0.15, 0.2) is 22.7 Å². The van der Waals surface area contributed by atoms with Crippen molar-refractivity contribution in [3.05, 3.63) is 48.5 Å². The van der Waals surface area contributed by atoms with E-state index in [0.29, 0.717) is 23.5 Å². The van der Waals surface area contributed by atoms with Crippen LogP contribution in [0.5, 0.6) is 0 Å². The molecule has 3 heterocycles. The molecule has 0 aliphatic carbocycles. The minimum atomic E-state index is -1.51. The average Bonchev–Trinajstić information content (AvgIpc) is 3.29. The van der Waals surface area contributed by atoms with Crippen LogP contribution in [0.3, 0.4) is 0 Å². The molecule has 1 aromatic carbocycles. The Morgan fingerprint density at radius 1 is 1.10 bits per heavy atom. The lowest BCUT2D eigenvalue weighted by Crippen LogP contribution is -2.46. The van der Waals surface area contributed by atoms with Crippen LogP contribution in [0.2, 0.25) is 0 Å². The van der Waals surface area contributed by atoms with Crippen molar-refractivity contribution in [1.82, 2.24) is 19.5 Å². The van der Waals surface area contributed by atoms with E-state index in [4.69, 9.17) is 4.74 Å². The van der Waals surface area contributed by atoms with Gasteiger partial charge in [-0.25, -0.2) is 15.0 Å². The summed E-state index contributed by atoms with van der Waals surface area (Å²) in [6.45, 7) is -0.255. The van der Waals surface area contributed by atoms with Crippen LogP contribution in [0, 0.1) is 0 Å². The second-order valence-electron chi connectivity index (χ2n) is 6.94. The molecule has 0 radical (unpaired) electrons. The zero-order chi connectivity index (χ0) is 20.4. The second-order valence-corrected chi connectivity index (χ2v) is 6.94. The van der Waals surface area contributed by atoms with E-state index < -0.39 is 30.6 Å². The van der Waals surface area contributed by atoms with Crippen molar-refractivity contribution in [2.24, 2.45) is 0 Å². The average molecular weight is 401 g/mol. The smallest absolute Gasteiger partial charge is 0.178 e. The number of anilines is 1. The van der Waals surface area contributed by atoms with E-state index in [-0.39, 0.29) is 13.0 Å². The van der Waals surface area contributed by atoms with Crippen LogP contribution in [0.1, 0.15) is 12.0 Å². The molecule has 0 unspecified atom stereocenters. The first-order chi connectivity index (χ1) is 14.1. The number of ether oxygens (including phenoxy) is 1. The highest BCUT2D eigenvalue weighted by Crippen LogP contribution is 2.40. The number of nitrogens with zero attached hydrogens (tertiary/aromatic N) is 4. The van der Waals surface area contributed by atoms with Gasteiger partial charge in [0.2, 0.25) is 0 Å². The molecule has 1 fully saturated rings. The number of benzene rings is 1. The van der Waals surface area contributed by atoms with Gasteiger partial charge in [-0.05, 0) is 5.56 Å². The molecule has 2 aromatic heterocycles. The lowest BCUT2D eigenvalue weighted by molar-refractivity contribution is -0.155. The molecule has 1 saturated heterocycles. The fourth-order valence-corrected chi connectivity index (χ4v) is 3.73. The summed E-state index contributed by atoms with van der Waals surface area (Å²) in [5.74, 6) is 0.503. The first-order valence-electron chi connectivity index (χ1n) is 9.32. The van der Waals surface area contributed by atoms with E-state index in [1.807, 2.05) is 30.3 Å². The van der Waals surface area contributed by atoms with Gasteiger partial charge in [-0.1, -0.05) is 30.3 Å². The molecule has 3 aromatic rings. The molecule has 154 valence electrons. The monoisotopic (exact) mass is 401 g/mol. The van der Waals surface area contributed by atoms with Crippen molar-refractivity contribution in [1.29, 1.82) is 0 Å². The van der Waals surface area contributed by atoms with Gasteiger partial charge in [0, 0.05) is 19.6 Å². The van der Waals surface area contributed by atoms with Crippen LogP contribution < -0.4 is 5.32 Å². The topological polar surface area (TPSA) is 146 Å². The first-order valence-corrected chi connectivity index (χ1v) is 9.32. The van der Waals surface area contributed by atoms with Crippen LogP contribution in [0.4, 0.5) is 5.82 Å². The highest BCUT2D eigenvalue weighted by molar-refractivity contribution is 5.82. The summed E-state index contributed by atoms with van der Waals surface area (Å²) in [5.41, 5.74) is 0.382. The Hall–Kier alpha value is -2.63. The van der Waals surface area contributed by atoms with Crippen LogP contribution >= 0.6 is 0 Å². The van der Waals surface area contributed by atoms with Crippen molar-refractivity contribution in [2.45, 2.75) is 37.0 Å². The van der Waals surface area contributed by atoms with Crippen molar-refractivity contribution in [3.8, 4) is 0 Å². The minimum absolute atomic E-state index is 0.0238. The number of imidazole rings is 1. The van der Waals surface area contributed by atoms with Gasteiger partial charge < -0.3 is 30.5 Å². The summed E-state index contributed by atoms with van der Waals surface area (Å²) in [5, 5.41) is 43.2. The van der Waals surface area contributed by atoms with E-state index >= 15 is 0 Å². The summed E-state index contributed by atoms with van der Waals surface area (Å²) in [4.78, 5) is 12.9.